The quantitative estimate of drug-likeness (QED) is 0.619. The number of para-hydroxylation sites is 1. The van der Waals surface area contributed by atoms with Gasteiger partial charge in [-0.1, -0.05) is 24.3 Å². The Hall–Kier alpha value is -3.19. The second-order valence-electron chi connectivity index (χ2n) is 6.60. The lowest BCUT2D eigenvalue weighted by atomic mass is 10.2. The zero-order chi connectivity index (χ0) is 19.9. The summed E-state index contributed by atoms with van der Waals surface area (Å²) in [5.41, 5.74) is 1.52. The van der Waals surface area contributed by atoms with Gasteiger partial charge in [-0.15, -0.1) is 0 Å². The van der Waals surface area contributed by atoms with E-state index in [1.54, 1.807) is 18.2 Å². The van der Waals surface area contributed by atoms with Crippen LogP contribution in [0, 0.1) is 6.92 Å². The molecular weight excluding hydrogens is 358 g/mol. The molecule has 0 bridgehead atoms. The molecule has 0 fully saturated rings. The van der Waals surface area contributed by atoms with E-state index in [4.69, 9.17) is 4.74 Å². The van der Waals surface area contributed by atoms with Gasteiger partial charge in [-0.3, -0.25) is 14.2 Å². The number of aliphatic hydroxyl groups is 1. The maximum Gasteiger partial charge on any atom is 0.261 e. The number of hydrogen-bond donors (Lipinski definition) is 2. The lowest BCUT2D eigenvalue weighted by molar-refractivity contribution is -0.121. The molecule has 0 radical (unpaired) electrons. The van der Waals surface area contributed by atoms with Crippen molar-refractivity contribution in [3.8, 4) is 5.75 Å². The van der Waals surface area contributed by atoms with Gasteiger partial charge in [0.2, 0.25) is 5.91 Å². The highest BCUT2D eigenvalue weighted by Crippen LogP contribution is 2.12. The third-order valence-corrected chi connectivity index (χ3v) is 4.28. The van der Waals surface area contributed by atoms with Crippen molar-refractivity contribution >= 4 is 16.8 Å². The van der Waals surface area contributed by atoms with Gasteiger partial charge in [0.15, 0.2) is 0 Å². The average molecular weight is 381 g/mol. The Morgan fingerprint density at radius 2 is 2.07 bits per heavy atom. The molecule has 1 atom stereocenters. The SMILES string of the molecule is Cc1cccc(OCC(O)CNC(=O)CCn2cnc3ccccc3c2=O)c1. The van der Waals surface area contributed by atoms with Gasteiger partial charge < -0.3 is 15.2 Å². The van der Waals surface area contributed by atoms with Gasteiger partial charge in [0.1, 0.15) is 18.5 Å². The summed E-state index contributed by atoms with van der Waals surface area (Å²) in [5, 5.41) is 13.1. The van der Waals surface area contributed by atoms with E-state index in [0.29, 0.717) is 16.7 Å². The Morgan fingerprint density at radius 1 is 1.25 bits per heavy atom. The summed E-state index contributed by atoms with van der Waals surface area (Å²) in [4.78, 5) is 28.6. The Labute approximate surface area is 162 Å². The number of rotatable bonds is 8. The number of carbonyl (C=O) groups excluding carboxylic acids is 1. The maximum absolute atomic E-state index is 12.4. The first-order valence-corrected chi connectivity index (χ1v) is 9.11. The standard InChI is InChI=1S/C21H23N3O4/c1-15-5-4-6-17(11-15)28-13-16(25)12-22-20(26)9-10-24-14-23-19-8-3-2-7-18(19)21(24)27/h2-8,11,14,16,25H,9-10,12-13H2,1H3,(H,22,26). The number of aryl methyl sites for hydroxylation is 2. The molecule has 3 rings (SSSR count). The predicted octanol–water partition coefficient (Wildman–Crippen LogP) is 1.65. The first-order chi connectivity index (χ1) is 13.5. The summed E-state index contributed by atoms with van der Waals surface area (Å²) in [6.07, 6.45) is 0.739. The van der Waals surface area contributed by atoms with Crippen LogP contribution in [0.1, 0.15) is 12.0 Å². The Morgan fingerprint density at radius 3 is 2.89 bits per heavy atom. The number of ether oxygens (including phenoxy) is 1. The first kappa shape index (κ1) is 19.6. The number of hydrogen-bond acceptors (Lipinski definition) is 5. The minimum atomic E-state index is -0.825. The fourth-order valence-corrected chi connectivity index (χ4v) is 2.76. The predicted molar refractivity (Wildman–Crippen MR) is 106 cm³/mol. The smallest absolute Gasteiger partial charge is 0.261 e. The van der Waals surface area contributed by atoms with Crippen molar-refractivity contribution in [3.05, 3.63) is 70.8 Å². The van der Waals surface area contributed by atoms with Crippen LogP contribution in [-0.2, 0) is 11.3 Å². The highest BCUT2D eigenvalue weighted by atomic mass is 16.5. The maximum atomic E-state index is 12.4. The van der Waals surface area contributed by atoms with Crippen LogP contribution in [0.3, 0.4) is 0 Å². The number of benzene rings is 2. The van der Waals surface area contributed by atoms with Crippen LogP contribution in [-0.4, -0.2) is 39.8 Å². The molecule has 0 saturated heterocycles. The van der Waals surface area contributed by atoms with Gasteiger partial charge in [-0.2, -0.15) is 0 Å². The minimum absolute atomic E-state index is 0.0789. The molecule has 0 aliphatic rings. The second kappa shape index (κ2) is 9.14. The second-order valence-corrected chi connectivity index (χ2v) is 6.60. The number of aliphatic hydroxyl groups excluding tert-OH is 1. The van der Waals surface area contributed by atoms with E-state index in [-0.39, 0.29) is 37.6 Å². The van der Waals surface area contributed by atoms with Crippen molar-refractivity contribution in [1.82, 2.24) is 14.9 Å². The highest BCUT2D eigenvalue weighted by Gasteiger charge is 2.10. The van der Waals surface area contributed by atoms with Gasteiger partial charge in [-0.05, 0) is 36.8 Å². The topological polar surface area (TPSA) is 93.4 Å². The van der Waals surface area contributed by atoms with Crippen LogP contribution in [0.2, 0.25) is 0 Å². The molecule has 2 aromatic carbocycles. The number of amides is 1. The molecule has 0 aliphatic carbocycles. The molecule has 1 unspecified atom stereocenters. The molecular formula is C21H23N3O4. The van der Waals surface area contributed by atoms with E-state index in [9.17, 15) is 14.7 Å². The molecule has 28 heavy (non-hydrogen) atoms. The van der Waals surface area contributed by atoms with Crippen LogP contribution >= 0.6 is 0 Å². The number of aromatic nitrogens is 2. The minimum Gasteiger partial charge on any atom is -0.491 e. The fraction of sp³-hybridized carbons (Fsp3) is 0.286. The molecule has 146 valence electrons. The van der Waals surface area contributed by atoms with Crippen molar-refractivity contribution in [2.45, 2.75) is 26.0 Å². The Balaban J connectivity index is 1.44. The molecule has 1 aromatic heterocycles. The molecule has 1 heterocycles. The van der Waals surface area contributed by atoms with Gasteiger partial charge >= 0.3 is 0 Å². The van der Waals surface area contributed by atoms with Gasteiger partial charge in [0, 0.05) is 19.5 Å². The van der Waals surface area contributed by atoms with Gasteiger partial charge in [-0.25, -0.2) is 4.98 Å². The van der Waals surface area contributed by atoms with Crippen LogP contribution in [0.4, 0.5) is 0 Å². The van der Waals surface area contributed by atoms with E-state index in [0.717, 1.165) is 5.56 Å². The fourth-order valence-electron chi connectivity index (χ4n) is 2.76. The Kier molecular flexibility index (Phi) is 6.39. The van der Waals surface area contributed by atoms with E-state index >= 15 is 0 Å². The molecule has 0 spiro atoms. The first-order valence-electron chi connectivity index (χ1n) is 9.11. The molecule has 1 amide bonds. The molecule has 7 heteroatoms. The number of carbonyl (C=O) groups is 1. The van der Waals surface area contributed by atoms with Crippen molar-refractivity contribution in [1.29, 1.82) is 0 Å². The average Bonchev–Trinajstić information content (AvgIpc) is 2.70. The van der Waals surface area contributed by atoms with Gasteiger partial charge in [0.25, 0.3) is 5.56 Å². The zero-order valence-corrected chi connectivity index (χ0v) is 15.7. The molecule has 0 saturated carbocycles. The third kappa shape index (κ3) is 5.17. The summed E-state index contributed by atoms with van der Waals surface area (Å²) in [5.74, 6) is 0.420. The summed E-state index contributed by atoms with van der Waals surface area (Å²) >= 11 is 0. The van der Waals surface area contributed by atoms with Crippen molar-refractivity contribution in [2.75, 3.05) is 13.2 Å². The summed E-state index contributed by atoms with van der Waals surface area (Å²) in [6.45, 7) is 2.34. The molecule has 0 aliphatic heterocycles. The summed E-state index contributed by atoms with van der Waals surface area (Å²) in [7, 11) is 0. The van der Waals surface area contributed by atoms with E-state index < -0.39 is 6.10 Å². The molecule has 2 N–H and O–H groups in total. The van der Waals surface area contributed by atoms with Crippen molar-refractivity contribution < 1.29 is 14.6 Å². The monoisotopic (exact) mass is 381 g/mol. The lowest BCUT2D eigenvalue weighted by Crippen LogP contribution is -2.36. The zero-order valence-electron chi connectivity index (χ0n) is 15.7. The van der Waals surface area contributed by atoms with E-state index in [1.807, 2.05) is 37.3 Å². The highest BCUT2D eigenvalue weighted by molar-refractivity contribution is 5.77. The van der Waals surface area contributed by atoms with Gasteiger partial charge in [0.05, 0.1) is 17.2 Å². The third-order valence-electron chi connectivity index (χ3n) is 4.28. The van der Waals surface area contributed by atoms with Crippen LogP contribution in [0.25, 0.3) is 10.9 Å². The van der Waals surface area contributed by atoms with Crippen LogP contribution < -0.4 is 15.6 Å². The Bertz CT molecular complexity index is 1020. The largest absolute Gasteiger partial charge is 0.491 e. The van der Waals surface area contributed by atoms with Crippen LogP contribution in [0.5, 0.6) is 5.75 Å². The summed E-state index contributed by atoms with van der Waals surface area (Å²) in [6, 6.07) is 14.6. The number of nitrogens with zero attached hydrogens (tertiary/aromatic N) is 2. The van der Waals surface area contributed by atoms with Crippen molar-refractivity contribution in [2.24, 2.45) is 0 Å². The normalized spacial score (nSPS) is 11.9. The number of nitrogens with one attached hydrogen (secondary N) is 1. The lowest BCUT2D eigenvalue weighted by Gasteiger charge is -2.14. The van der Waals surface area contributed by atoms with E-state index in [2.05, 4.69) is 10.3 Å². The van der Waals surface area contributed by atoms with E-state index in [1.165, 1.54) is 10.9 Å². The summed E-state index contributed by atoms with van der Waals surface area (Å²) < 4.78 is 6.93. The van der Waals surface area contributed by atoms with Crippen molar-refractivity contribution in [3.63, 3.8) is 0 Å². The number of fused-ring (bicyclic) bond motifs is 1. The van der Waals surface area contributed by atoms with Crippen LogP contribution in [0.15, 0.2) is 59.7 Å². The molecule has 7 nitrogen and oxygen atoms in total. The molecule has 3 aromatic rings.